The largest absolute Gasteiger partial charge is 0.494 e. The molecule has 2 aromatic rings. The zero-order chi connectivity index (χ0) is 20.9. The van der Waals surface area contributed by atoms with Gasteiger partial charge in [0.1, 0.15) is 5.75 Å². The lowest BCUT2D eigenvalue weighted by Crippen LogP contribution is -2.40. The van der Waals surface area contributed by atoms with E-state index in [1.165, 1.54) is 23.3 Å². The predicted molar refractivity (Wildman–Crippen MR) is 111 cm³/mol. The Bertz CT molecular complexity index is 958. The van der Waals surface area contributed by atoms with Gasteiger partial charge in [-0.1, -0.05) is 18.2 Å². The molecule has 0 atom stereocenters. The van der Waals surface area contributed by atoms with Crippen molar-refractivity contribution in [3.63, 3.8) is 0 Å². The van der Waals surface area contributed by atoms with Gasteiger partial charge in [-0.3, -0.25) is 9.69 Å². The first-order valence-corrected chi connectivity index (χ1v) is 11.2. The summed E-state index contributed by atoms with van der Waals surface area (Å²) in [5.41, 5.74) is 3.46. The monoisotopic (exact) mass is 417 g/mol. The third-order valence-electron chi connectivity index (χ3n) is 4.93. The quantitative estimate of drug-likeness (QED) is 0.677. The van der Waals surface area contributed by atoms with E-state index >= 15 is 0 Å². The molecule has 8 heteroatoms. The van der Waals surface area contributed by atoms with Crippen LogP contribution in [0.3, 0.4) is 0 Å². The maximum Gasteiger partial charge on any atom is 0.238 e. The number of nitrogens with zero attached hydrogens (tertiary/aromatic N) is 1. The molecular formula is C21H27N3O4S. The molecule has 0 spiro atoms. The van der Waals surface area contributed by atoms with Crippen LogP contribution in [-0.2, 0) is 34.2 Å². The van der Waals surface area contributed by atoms with E-state index in [-0.39, 0.29) is 10.8 Å². The zero-order valence-electron chi connectivity index (χ0n) is 16.6. The van der Waals surface area contributed by atoms with Crippen molar-refractivity contribution in [2.45, 2.75) is 31.2 Å². The van der Waals surface area contributed by atoms with Crippen molar-refractivity contribution >= 4 is 15.9 Å². The second-order valence-corrected chi connectivity index (χ2v) is 8.67. The molecule has 0 aliphatic carbocycles. The highest BCUT2D eigenvalue weighted by Crippen LogP contribution is 2.23. The van der Waals surface area contributed by atoms with Crippen LogP contribution in [0.25, 0.3) is 0 Å². The molecule has 0 unspecified atom stereocenters. The molecule has 156 valence electrons. The standard InChI is InChI=1S/C21H27N3O4S/c1-2-28-19-6-5-17-10-12-24(14-18(17)13-19)15-21(25)23-11-9-16-3-7-20(8-4-16)29(22,26)27/h3-8,13H,2,9-12,14-15H2,1H3,(H,23,25)(H2,22,26,27). The van der Waals surface area contributed by atoms with E-state index < -0.39 is 10.0 Å². The van der Waals surface area contributed by atoms with Crippen LogP contribution in [0.15, 0.2) is 47.4 Å². The maximum atomic E-state index is 12.3. The summed E-state index contributed by atoms with van der Waals surface area (Å²) in [6, 6.07) is 12.6. The highest BCUT2D eigenvalue weighted by Gasteiger charge is 2.19. The van der Waals surface area contributed by atoms with Crippen molar-refractivity contribution in [2.24, 2.45) is 5.14 Å². The molecule has 0 aromatic heterocycles. The van der Waals surface area contributed by atoms with Gasteiger partial charge in [-0.05, 0) is 60.7 Å². The molecular weight excluding hydrogens is 390 g/mol. The lowest BCUT2D eigenvalue weighted by molar-refractivity contribution is -0.122. The summed E-state index contributed by atoms with van der Waals surface area (Å²) in [4.78, 5) is 14.5. The molecule has 1 amide bonds. The first-order valence-electron chi connectivity index (χ1n) is 9.70. The van der Waals surface area contributed by atoms with Gasteiger partial charge in [-0.15, -0.1) is 0 Å². The Kier molecular flexibility index (Phi) is 6.89. The number of nitrogens with two attached hydrogens (primary N) is 1. The van der Waals surface area contributed by atoms with Gasteiger partial charge in [0.05, 0.1) is 18.0 Å². The first-order chi connectivity index (χ1) is 13.8. The van der Waals surface area contributed by atoms with Crippen molar-refractivity contribution in [1.29, 1.82) is 0 Å². The van der Waals surface area contributed by atoms with Gasteiger partial charge >= 0.3 is 0 Å². The zero-order valence-corrected chi connectivity index (χ0v) is 17.4. The number of ether oxygens (including phenoxy) is 1. The Morgan fingerprint density at radius 2 is 1.93 bits per heavy atom. The number of rotatable bonds is 8. The molecule has 0 saturated carbocycles. The van der Waals surface area contributed by atoms with E-state index in [1.807, 2.05) is 13.0 Å². The van der Waals surface area contributed by atoms with Crippen molar-refractivity contribution in [2.75, 3.05) is 26.2 Å². The van der Waals surface area contributed by atoms with Gasteiger partial charge in [0.25, 0.3) is 0 Å². The van der Waals surface area contributed by atoms with Crippen LogP contribution in [0.4, 0.5) is 0 Å². The molecule has 1 heterocycles. The SMILES string of the molecule is CCOc1ccc2c(c1)CN(CC(=O)NCCc1ccc(S(N)(=O)=O)cc1)CC2. The number of carbonyl (C=O) groups excluding carboxylic acids is 1. The second-order valence-electron chi connectivity index (χ2n) is 7.11. The molecule has 1 aliphatic rings. The number of nitrogens with one attached hydrogen (secondary N) is 1. The Morgan fingerprint density at radius 1 is 1.17 bits per heavy atom. The summed E-state index contributed by atoms with van der Waals surface area (Å²) in [6.45, 7) is 5.03. The van der Waals surface area contributed by atoms with E-state index in [2.05, 4.69) is 22.3 Å². The third-order valence-corrected chi connectivity index (χ3v) is 5.86. The minimum Gasteiger partial charge on any atom is -0.494 e. The minimum absolute atomic E-state index is 0.0180. The summed E-state index contributed by atoms with van der Waals surface area (Å²) < 4.78 is 28.1. The summed E-state index contributed by atoms with van der Waals surface area (Å²) >= 11 is 0. The molecule has 3 rings (SSSR count). The molecule has 0 bridgehead atoms. The molecule has 3 N–H and O–H groups in total. The van der Waals surface area contributed by atoms with Crippen LogP contribution in [-0.4, -0.2) is 45.5 Å². The summed E-state index contributed by atoms with van der Waals surface area (Å²) in [6.07, 6.45) is 1.54. The van der Waals surface area contributed by atoms with E-state index in [1.54, 1.807) is 12.1 Å². The summed E-state index contributed by atoms with van der Waals surface area (Å²) in [5, 5.41) is 8.02. The first kappa shape index (κ1) is 21.3. The second kappa shape index (κ2) is 9.39. The Morgan fingerprint density at radius 3 is 2.62 bits per heavy atom. The number of benzene rings is 2. The van der Waals surface area contributed by atoms with Gasteiger partial charge in [0, 0.05) is 19.6 Å². The average Bonchev–Trinajstić information content (AvgIpc) is 2.68. The number of hydrogen-bond donors (Lipinski definition) is 2. The predicted octanol–water partition coefficient (Wildman–Crippen LogP) is 1.45. The summed E-state index contributed by atoms with van der Waals surface area (Å²) in [5.74, 6) is 0.849. The molecule has 29 heavy (non-hydrogen) atoms. The highest BCUT2D eigenvalue weighted by atomic mass is 32.2. The Balaban J connectivity index is 1.46. The van der Waals surface area contributed by atoms with Crippen molar-refractivity contribution in [3.05, 3.63) is 59.2 Å². The Labute approximate surface area is 171 Å². The Hall–Kier alpha value is -2.42. The fraction of sp³-hybridized carbons (Fsp3) is 0.381. The van der Waals surface area contributed by atoms with E-state index in [9.17, 15) is 13.2 Å². The molecule has 0 radical (unpaired) electrons. The van der Waals surface area contributed by atoms with Gasteiger partial charge in [0.15, 0.2) is 0 Å². The normalized spacial score (nSPS) is 14.3. The third kappa shape index (κ3) is 6.03. The van der Waals surface area contributed by atoms with Crippen LogP contribution >= 0.6 is 0 Å². The number of hydrogen-bond acceptors (Lipinski definition) is 5. The van der Waals surface area contributed by atoms with Crippen molar-refractivity contribution < 1.29 is 17.9 Å². The van der Waals surface area contributed by atoms with Crippen LogP contribution in [0.1, 0.15) is 23.6 Å². The van der Waals surface area contributed by atoms with Crippen LogP contribution in [0.2, 0.25) is 0 Å². The average molecular weight is 418 g/mol. The van der Waals surface area contributed by atoms with Gasteiger partial charge in [-0.2, -0.15) is 0 Å². The number of sulfonamides is 1. The topological polar surface area (TPSA) is 102 Å². The number of amides is 1. The van der Waals surface area contributed by atoms with E-state index in [0.717, 1.165) is 30.8 Å². The smallest absolute Gasteiger partial charge is 0.238 e. The lowest BCUT2D eigenvalue weighted by Gasteiger charge is -2.28. The maximum absolute atomic E-state index is 12.3. The molecule has 7 nitrogen and oxygen atoms in total. The molecule has 1 aliphatic heterocycles. The lowest BCUT2D eigenvalue weighted by atomic mass is 9.99. The van der Waals surface area contributed by atoms with Crippen molar-refractivity contribution in [1.82, 2.24) is 10.2 Å². The minimum atomic E-state index is -3.68. The molecule has 2 aromatic carbocycles. The fourth-order valence-electron chi connectivity index (χ4n) is 3.43. The summed E-state index contributed by atoms with van der Waals surface area (Å²) in [7, 11) is -3.68. The van der Waals surface area contributed by atoms with Gasteiger partial charge in [0.2, 0.25) is 15.9 Å². The molecule has 0 saturated heterocycles. The highest BCUT2D eigenvalue weighted by molar-refractivity contribution is 7.89. The van der Waals surface area contributed by atoms with E-state index in [0.29, 0.717) is 26.1 Å². The van der Waals surface area contributed by atoms with Crippen LogP contribution in [0, 0.1) is 0 Å². The number of primary sulfonamides is 1. The number of fused-ring (bicyclic) bond motifs is 1. The van der Waals surface area contributed by atoms with E-state index in [4.69, 9.17) is 9.88 Å². The van der Waals surface area contributed by atoms with Crippen LogP contribution in [0.5, 0.6) is 5.75 Å². The van der Waals surface area contributed by atoms with Gasteiger partial charge in [-0.25, -0.2) is 13.6 Å². The van der Waals surface area contributed by atoms with Gasteiger partial charge < -0.3 is 10.1 Å². The fourth-order valence-corrected chi connectivity index (χ4v) is 3.95. The van der Waals surface area contributed by atoms with Crippen LogP contribution < -0.4 is 15.2 Å². The molecule has 0 fully saturated rings. The number of carbonyl (C=O) groups is 1. The van der Waals surface area contributed by atoms with Crippen molar-refractivity contribution in [3.8, 4) is 5.75 Å².